The van der Waals surface area contributed by atoms with Gasteiger partial charge in [-0.05, 0) is 30.4 Å². The van der Waals surface area contributed by atoms with Crippen LogP contribution < -0.4 is 5.32 Å². The molecule has 0 saturated heterocycles. The zero-order valence-corrected chi connectivity index (χ0v) is 12.2. The van der Waals surface area contributed by atoms with Crippen LogP contribution in [0.1, 0.15) is 0 Å². The highest BCUT2D eigenvalue weighted by molar-refractivity contribution is 7.90. The summed E-state index contributed by atoms with van der Waals surface area (Å²) in [5.74, 6) is -0.663. The third kappa shape index (κ3) is 3.06. The van der Waals surface area contributed by atoms with E-state index in [4.69, 9.17) is 0 Å². The topological polar surface area (TPSA) is 78.8 Å². The van der Waals surface area contributed by atoms with Crippen LogP contribution in [0.4, 0.5) is 10.1 Å². The van der Waals surface area contributed by atoms with Crippen molar-refractivity contribution in [3.8, 4) is 0 Å². The standard InChI is InChI=1S/C14H12FN3O3S/c15-11-2-1-3-12(8-11)16-14(19)10-4-5-13-17-22(20,21)7-6-18(13)9-10/h1-5,8-9H,6-7H2,(H,16,19). The highest BCUT2D eigenvalue weighted by Crippen LogP contribution is 2.17. The lowest BCUT2D eigenvalue weighted by Crippen LogP contribution is -2.37. The Kier molecular flexibility index (Phi) is 3.53. The number of amidine groups is 1. The third-order valence-corrected chi connectivity index (χ3v) is 4.33. The van der Waals surface area contributed by atoms with Crippen LogP contribution in [0.2, 0.25) is 0 Å². The van der Waals surface area contributed by atoms with Crippen LogP contribution in [0.25, 0.3) is 0 Å². The minimum absolute atomic E-state index is 0.0976. The van der Waals surface area contributed by atoms with Crippen molar-refractivity contribution in [1.82, 2.24) is 4.90 Å². The van der Waals surface area contributed by atoms with E-state index in [1.54, 1.807) is 11.0 Å². The van der Waals surface area contributed by atoms with E-state index >= 15 is 0 Å². The Morgan fingerprint density at radius 1 is 1.32 bits per heavy atom. The largest absolute Gasteiger partial charge is 0.330 e. The van der Waals surface area contributed by atoms with Crippen molar-refractivity contribution in [1.29, 1.82) is 0 Å². The molecule has 0 atom stereocenters. The third-order valence-electron chi connectivity index (χ3n) is 3.17. The summed E-state index contributed by atoms with van der Waals surface area (Å²) < 4.78 is 39.5. The SMILES string of the molecule is O=C(Nc1cccc(F)c1)C1=CN2CCS(=O)(=O)N=C2C=C1. The van der Waals surface area contributed by atoms with Gasteiger partial charge in [0.15, 0.2) is 0 Å². The number of carbonyl (C=O) groups is 1. The van der Waals surface area contributed by atoms with E-state index in [1.807, 2.05) is 0 Å². The van der Waals surface area contributed by atoms with Gasteiger partial charge in [0.1, 0.15) is 11.7 Å². The number of nitrogens with zero attached hydrogens (tertiary/aromatic N) is 2. The van der Waals surface area contributed by atoms with Crippen molar-refractivity contribution < 1.29 is 17.6 Å². The molecule has 2 aliphatic rings. The zero-order chi connectivity index (χ0) is 15.7. The summed E-state index contributed by atoms with van der Waals surface area (Å²) in [4.78, 5) is 13.7. The monoisotopic (exact) mass is 321 g/mol. The number of amides is 1. The van der Waals surface area contributed by atoms with Crippen LogP contribution in [0.15, 0.2) is 52.6 Å². The molecule has 1 aromatic rings. The molecule has 0 unspecified atom stereocenters. The molecule has 8 heteroatoms. The van der Waals surface area contributed by atoms with E-state index in [9.17, 15) is 17.6 Å². The highest BCUT2D eigenvalue weighted by atomic mass is 32.2. The molecule has 1 aromatic carbocycles. The number of rotatable bonds is 2. The maximum absolute atomic E-state index is 13.1. The van der Waals surface area contributed by atoms with Crippen molar-refractivity contribution in [2.24, 2.45) is 4.40 Å². The Bertz CT molecular complexity index is 827. The van der Waals surface area contributed by atoms with Crippen LogP contribution in [0.3, 0.4) is 0 Å². The first-order chi connectivity index (χ1) is 10.4. The summed E-state index contributed by atoms with van der Waals surface area (Å²) in [6, 6.07) is 5.57. The van der Waals surface area contributed by atoms with Gasteiger partial charge in [0, 0.05) is 18.4 Å². The van der Waals surface area contributed by atoms with Crippen LogP contribution in [0.5, 0.6) is 0 Å². The summed E-state index contributed by atoms with van der Waals surface area (Å²) in [5.41, 5.74) is 0.683. The molecule has 2 aliphatic heterocycles. The first-order valence-electron chi connectivity index (χ1n) is 6.49. The Balaban J connectivity index is 1.78. The summed E-state index contributed by atoms with van der Waals surface area (Å²) in [7, 11) is -3.42. The minimum Gasteiger partial charge on any atom is -0.330 e. The van der Waals surface area contributed by atoms with Gasteiger partial charge in [-0.25, -0.2) is 12.8 Å². The normalized spacial score (nSPS) is 19.0. The van der Waals surface area contributed by atoms with E-state index < -0.39 is 21.7 Å². The van der Waals surface area contributed by atoms with Gasteiger partial charge in [0.2, 0.25) is 0 Å². The predicted molar refractivity (Wildman–Crippen MR) is 80.2 cm³/mol. The van der Waals surface area contributed by atoms with Crippen molar-refractivity contribution in [2.45, 2.75) is 0 Å². The molecule has 1 amide bonds. The van der Waals surface area contributed by atoms with E-state index in [0.717, 1.165) is 0 Å². The first kappa shape index (κ1) is 14.5. The van der Waals surface area contributed by atoms with Crippen LogP contribution in [-0.2, 0) is 14.8 Å². The summed E-state index contributed by atoms with van der Waals surface area (Å²) >= 11 is 0. The maximum Gasteiger partial charge on any atom is 0.257 e. The number of nitrogens with one attached hydrogen (secondary N) is 1. The molecule has 3 rings (SSSR count). The van der Waals surface area contributed by atoms with Crippen molar-refractivity contribution in [3.05, 3.63) is 54.0 Å². The summed E-state index contributed by atoms with van der Waals surface area (Å²) in [5, 5.41) is 2.58. The van der Waals surface area contributed by atoms with Crippen LogP contribution in [-0.4, -0.2) is 37.4 Å². The molecule has 0 aliphatic carbocycles. The lowest BCUT2D eigenvalue weighted by molar-refractivity contribution is -0.112. The Morgan fingerprint density at radius 3 is 2.91 bits per heavy atom. The fourth-order valence-corrected chi connectivity index (χ4v) is 3.07. The van der Waals surface area contributed by atoms with E-state index in [0.29, 0.717) is 11.3 Å². The Labute approximate surface area is 126 Å². The van der Waals surface area contributed by atoms with Gasteiger partial charge in [-0.15, -0.1) is 4.40 Å². The molecule has 2 heterocycles. The number of halogens is 1. The second kappa shape index (κ2) is 5.38. The van der Waals surface area contributed by atoms with Gasteiger partial charge in [0.05, 0.1) is 11.3 Å². The zero-order valence-electron chi connectivity index (χ0n) is 11.4. The average Bonchev–Trinajstić information content (AvgIpc) is 2.46. The average molecular weight is 321 g/mol. The second-order valence-electron chi connectivity index (χ2n) is 4.81. The van der Waals surface area contributed by atoms with E-state index in [2.05, 4.69) is 9.71 Å². The second-order valence-corrected chi connectivity index (χ2v) is 6.57. The van der Waals surface area contributed by atoms with Gasteiger partial charge in [0.25, 0.3) is 15.9 Å². The molecule has 0 fully saturated rings. The summed E-state index contributed by atoms with van der Waals surface area (Å²) in [6.45, 7) is 0.238. The van der Waals surface area contributed by atoms with Gasteiger partial charge < -0.3 is 10.2 Å². The molecule has 114 valence electrons. The maximum atomic E-state index is 13.1. The van der Waals surface area contributed by atoms with Gasteiger partial charge in [-0.2, -0.15) is 0 Å². The number of hydrogen-bond donors (Lipinski definition) is 1. The Morgan fingerprint density at radius 2 is 2.14 bits per heavy atom. The molecule has 6 nitrogen and oxygen atoms in total. The summed E-state index contributed by atoms with van der Waals surface area (Å²) in [6.07, 6.45) is 4.48. The number of benzene rings is 1. The van der Waals surface area contributed by atoms with E-state index in [-0.39, 0.29) is 18.1 Å². The molecule has 0 saturated carbocycles. The lowest BCUT2D eigenvalue weighted by atomic mass is 10.1. The highest BCUT2D eigenvalue weighted by Gasteiger charge is 2.24. The number of hydrogen-bond acceptors (Lipinski definition) is 4. The molecule has 22 heavy (non-hydrogen) atoms. The lowest BCUT2D eigenvalue weighted by Gasteiger charge is -2.26. The van der Waals surface area contributed by atoms with Crippen LogP contribution in [0, 0.1) is 5.82 Å². The van der Waals surface area contributed by atoms with Crippen molar-refractivity contribution in [3.63, 3.8) is 0 Å². The molecule has 0 bridgehead atoms. The molecule has 0 radical (unpaired) electrons. The number of sulfonamides is 1. The number of carbonyl (C=O) groups excluding carboxylic acids is 1. The fourth-order valence-electron chi connectivity index (χ4n) is 2.10. The van der Waals surface area contributed by atoms with E-state index in [1.165, 1.54) is 36.6 Å². The van der Waals surface area contributed by atoms with Crippen molar-refractivity contribution >= 4 is 27.5 Å². The predicted octanol–water partition coefficient (Wildman–Crippen LogP) is 1.26. The van der Waals surface area contributed by atoms with Gasteiger partial charge >= 0.3 is 0 Å². The smallest absolute Gasteiger partial charge is 0.257 e. The number of fused-ring (bicyclic) bond motifs is 1. The molecule has 0 aromatic heterocycles. The number of anilines is 1. The molecular weight excluding hydrogens is 309 g/mol. The van der Waals surface area contributed by atoms with Crippen molar-refractivity contribution in [2.75, 3.05) is 17.6 Å². The fraction of sp³-hybridized carbons (Fsp3) is 0.143. The molecule has 1 N–H and O–H groups in total. The first-order valence-corrected chi connectivity index (χ1v) is 8.10. The molecule has 0 spiro atoms. The molecular formula is C14H12FN3O3S. The quantitative estimate of drug-likeness (QED) is 0.889. The van der Waals surface area contributed by atoms with Gasteiger partial charge in [-0.3, -0.25) is 4.79 Å². The van der Waals surface area contributed by atoms with Crippen LogP contribution >= 0.6 is 0 Å². The van der Waals surface area contributed by atoms with Gasteiger partial charge in [-0.1, -0.05) is 6.07 Å². The minimum atomic E-state index is -3.42. The Hall–Kier alpha value is -2.48.